The van der Waals surface area contributed by atoms with Crippen molar-refractivity contribution in [1.82, 2.24) is 20.1 Å². The van der Waals surface area contributed by atoms with Gasteiger partial charge in [0.2, 0.25) is 5.91 Å². The quantitative estimate of drug-likeness (QED) is 0.114. The minimum absolute atomic E-state index is 0.00273. The van der Waals surface area contributed by atoms with Gasteiger partial charge in [0.25, 0.3) is 5.91 Å². The van der Waals surface area contributed by atoms with Crippen molar-refractivity contribution in [1.29, 1.82) is 0 Å². The zero-order chi connectivity index (χ0) is 39.9. The maximum Gasteiger partial charge on any atom is 0.308 e. The van der Waals surface area contributed by atoms with Gasteiger partial charge in [-0.3, -0.25) is 28.9 Å². The summed E-state index contributed by atoms with van der Waals surface area (Å²) >= 11 is 1.20. The molecule has 0 bridgehead atoms. The van der Waals surface area contributed by atoms with Crippen LogP contribution in [0.3, 0.4) is 0 Å². The number of amides is 2. The first-order valence-electron chi connectivity index (χ1n) is 19.3. The van der Waals surface area contributed by atoms with E-state index in [1.165, 1.54) is 32.5 Å². The molecule has 300 valence electrons. The summed E-state index contributed by atoms with van der Waals surface area (Å²) in [5.74, 6) is -2.49. The summed E-state index contributed by atoms with van der Waals surface area (Å²) in [5, 5.41) is 5.10. The van der Waals surface area contributed by atoms with Crippen LogP contribution in [0.25, 0.3) is 0 Å². The van der Waals surface area contributed by atoms with Gasteiger partial charge in [0.1, 0.15) is 17.4 Å². The Labute approximate surface area is 325 Å². The molecule has 1 aromatic heterocycles. The van der Waals surface area contributed by atoms with Gasteiger partial charge in [0.15, 0.2) is 11.9 Å². The second-order valence-corrected chi connectivity index (χ2v) is 16.0. The van der Waals surface area contributed by atoms with E-state index in [1.807, 2.05) is 65.1 Å². The second kappa shape index (κ2) is 22.0. The fourth-order valence-electron chi connectivity index (χ4n) is 7.32. The molecule has 0 unspecified atom stereocenters. The highest BCUT2D eigenvalue weighted by Gasteiger charge is 2.39. The molecular formula is C41H62N4O8S. The smallest absolute Gasteiger partial charge is 0.308 e. The number of ether oxygens (including phenoxy) is 3. The van der Waals surface area contributed by atoms with E-state index >= 15 is 0 Å². The molecule has 2 aromatic rings. The predicted octanol–water partition coefficient (Wildman–Crippen LogP) is 6.24. The number of hydrogen-bond acceptors (Lipinski definition) is 11. The van der Waals surface area contributed by atoms with Gasteiger partial charge in [0.05, 0.1) is 19.1 Å². The highest BCUT2D eigenvalue weighted by Crippen LogP contribution is 2.33. The molecular weight excluding hydrogens is 709 g/mol. The van der Waals surface area contributed by atoms with Crippen molar-refractivity contribution in [2.45, 2.75) is 117 Å². The van der Waals surface area contributed by atoms with Gasteiger partial charge in [-0.1, -0.05) is 77.8 Å². The standard InChI is InChI=1S/C41H62N4O8S/c1-10-27(4)32(22-36(47)34-18-14-15-19-44(34)7)40(49)45(25-51-8)35(26(2)3)23-37(53-29(6)46)39-43-33(24-54-39)38(48)42-31(20-28(5)41(50)52-9)21-30-16-12-11-13-17-30/h11-13,16-17,24,26-28,31-32,34-35,37H,10,14-15,18-23,25H2,1-9H3,(H,42,48)/t27-,28-,31+,32-,34+,35+,37+/m0/s1. The van der Waals surface area contributed by atoms with Crippen LogP contribution in [-0.4, -0.2) is 97.0 Å². The lowest BCUT2D eigenvalue weighted by atomic mass is 9.82. The number of carbonyl (C=O) groups is 5. The maximum atomic E-state index is 14.6. The van der Waals surface area contributed by atoms with Crippen molar-refractivity contribution in [3.05, 3.63) is 52.0 Å². The normalized spacial score (nSPS) is 18.1. The fraction of sp³-hybridized carbons (Fsp3) is 0.659. The third-order valence-corrected chi connectivity index (χ3v) is 11.6. The number of rotatable bonds is 21. The molecule has 1 aliphatic rings. The number of thiazole rings is 1. The maximum absolute atomic E-state index is 14.6. The summed E-state index contributed by atoms with van der Waals surface area (Å²) in [7, 11) is 4.85. The highest BCUT2D eigenvalue weighted by atomic mass is 32.1. The van der Waals surface area contributed by atoms with E-state index in [0.29, 0.717) is 17.8 Å². The molecule has 12 nitrogen and oxygen atoms in total. The van der Waals surface area contributed by atoms with Crippen molar-refractivity contribution >= 4 is 40.9 Å². The Morgan fingerprint density at radius 3 is 2.33 bits per heavy atom. The topological polar surface area (TPSA) is 144 Å². The fourth-order valence-corrected chi connectivity index (χ4v) is 8.16. The minimum atomic E-state index is -0.854. The highest BCUT2D eigenvalue weighted by molar-refractivity contribution is 7.09. The summed E-state index contributed by atoms with van der Waals surface area (Å²) < 4.78 is 16.4. The minimum Gasteiger partial charge on any atom is -0.469 e. The van der Waals surface area contributed by atoms with Gasteiger partial charge >= 0.3 is 11.9 Å². The lowest BCUT2D eigenvalue weighted by molar-refractivity contribution is -0.153. The molecule has 1 aliphatic heterocycles. The van der Waals surface area contributed by atoms with Gasteiger partial charge in [-0.2, -0.15) is 0 Å². The number of carbonyl (C=O) groups excluding carboxylic acids is 5. The summed E-state index contributed by atoms with van der Waals surface area (Å²) in [6.45, 7) is 12.0. The van der Waals surface area contributed by atoms with Crippen LogP contribution in [0.15, 0.2) is 35.7 Å². The van der Waals surface area contributed by atoms with Crippen LogP contribution in [0.4, 0.5) is 0 Å². The van der Waals surface area contributed by atoms with Crippen LogP contribution in [0.1, 0.15) is 114 Å². The summed E-state index contributed by atoms with van der Waals surface area (Å²) in [4.78, 5) is 75.0. The number of Topliss-reactive ketones (excluding diaryl/α,β-unsaturated/α-hetero) is 1. The molecule has 0 aliphatic carbocycles. The molecule has 1 fully saturated rings. The summed E-state index contributed by atoms with van der Waals surface area (Å²) in [5.41, 5.74) is 1.16. The Hall–Kier alpha value is -3.68. The second-order valence-electron chi connectivity index (χ2n) is 15.1. The van der Waals surface area contributed by atoms with Gasteiger partial charge < -0.3 is 24.4 Å². The van der Waals surface area contributed by atoms with Crippen molar-refractivity contribution in [2.24, 2.45) is 23.7 Å². The average Bonchev–Trinajstić information content (AvgIpc) is 3.65. The van der Waals surface area contributed by atoms with Crippen LogP contribution >= 0.6 is 11.3 Å². The first kappa shape index (κ1) is 44.7. The van der Waals surface area contributed by atoms with E-state index in [1.54, 1.807) is 17.2 Å². The van der Waals surface area contributed by atoms with Gasteiger partial charge in [-0.25, -0.2) is 4.98 Å². The molecule has 3 rings (SSSR count). The van der Waals surface area contributed by atoms with Crippen LogP contribution in [0.2, 0.25) is 0 Å². The van der Waals surface area contributed by atoms with Crippen molar-refractivity contribution in [3.63, 3.8) is 0 Å². The van der Waals surface area contributed by atoms with Crippen LogP contribution in [-0.2, 0) is 39.8 Å². The molecule has 54 heavy (non-hydrogen) atoms. The summed E-state index contributed by atoms with van der Waals surface area (Å²) in [6.07, 6.45) is 3.95. The van der Waals surface area contributed by atoms with E-state index in [2.05, 4.69) is 15.2 Å². The van der Waals surface area contributed by atoms with Crippen LogP contribution in [0, 0.1) is 23.7 Å². The number of benzene rings is 1. The third-order valence-electron chi connectivity index (χ3n) is 10.6. The van der Waals surface area contributed by atoms with E-state index in [4.69, 9.17) is 14.2 Å². The first-order chi connectivity index (χ1) is 25.7. The van der Waals surface area contributed by atoms with Gasteiger partial charge in [0, 0.05) is 50.3 Å². The molecule has 0 radical (unpaired) electrons. The summed E-state index contributed by atoms with van der Waals surface area (Å²) in [6, 6.07) is 8.67. The Bertz CT molecular complexity index is 1520. The number of likely N-dealkylation sites (tertiary alicyclic amines) is 1. The number of ketones is 1. The number of methoxy groups -OCH3 is 2. The average molecular weight is 771 g/mol. The van der Waals surface area contributed by atoms with E-state index in [0.717, 1.165) is 37.8 Å². The zero-order valence-electron chi connectivity index (χ0n) is 33.7. The largest absolute Gasteiger partial charge is 0.469 e. The number of esters is 2. The third kappa shape index (κ3) is 13.0. The molecule has 13 heteroatoms. The first-order valence-corrected chi connectivity index (χ1v) is 20.2. The lowest BCUT2D eigenvalue weighted by Gasteiger charge is -2.39. The molecule has 0 saturated carbocycles. The van der Waals surface area contributed by atoms with Crippen LogP contribution < -0.4 is 5.32 Å². The molecule has 2 amide bonds. The zero-order valence-corrected chi connectivity index (χ0v) is 34.5. The van der Waals surface area contributed by atoms with E-state index in [9.17, 15) is 24.0 Å². The lowest BCUT2D eigenvalue weighted by Crippen LogP contribution is -2.50. The van der Waals surface area contributed by atoms with Crippen molar-refractivity contribution in [2.75, 3.05) is 34.5 Å². The molecule has 1 saturated heterocycles. The number of piperidine rings is 1. The van der Waals surface area contributed by atoms with E-state index < -0.39 is 35.9 Å². The Morgan fingerprint density at radius 1 is 1.04 bits per heavy atom. The van der Waals surface area contributed by atoms with Gasteiger partial charge in [-0.15, -0.1) is 11.3 Å². The number of likely N-dealkylation sites (N-methyl/N-ethyl adjacent to an activating group) is 1. The SMILES string of the molecule is CC[C@H](C)[C@H](CC(=O)[C@H]1CCCCN1C)C(=O)N(COC)[C@H](C[C@@H](OC(C)=O)c1nc(C(=O)N[C@@H](Cc2ccccc2)C[C@H](C)C(=O)OC)cs1)C(C)C. The van der Waals surface area contributed by atoms with E-state index in [-0.39, 0.29) is 66.8 Å². The molecule has 1 aromatic carbocycles. The van der Waals surface area contributed by atoms with Gasteiger partial charge in [-0.05, 0) is 56.7 Å². The number of nitrogens with zero attached hydrogens (tertiary/aromatic N) is 3. The van der Waals surface area contributed by atoms with Crippen LogP contribution in [0.5, 0.6) is 0 Å². The molecule has 2 heterocycles. The Kier molecular flexibility index (Phi) is 18.2. The van der Waals surface area contributed by atoms with Crippen molar-refractivity contribution in [3.8, 4) is 0 Å². The predicted molar refractivity (Wildman–Crippen MR) is 209 cm³/mol. The van der Waals surface area contributed by atoms with Crippen molar-refractivity contribution < 1.29 is 38.2 Å². The molecule has 7 atom stereocenters. The number of hydrogen-bond donors (Lipinski definition) is 1. The molecule has 1 N–H and O–H groups in total. The Morgan fingerprint density at radius 2 is 1.74 bits per heavy atom. The monoisotopic (exact) mass is 770 g/mol. The molecule has 0 spiro atoms. The Balaban J connectivity index is 1.87. The number of aromatic nitrogens is 1. The number of nitrogens with one attached hydrogen (secondary N) is 1.